The van der Waals surface area contributed by atoms with Crippen molar-refractivity contribution in [2.75, 3.05) is 19.0 Å². The van der Waals surface area contributed by atoms with Crippen LogP contribution in [-0.4, -0.2) is 40.3 Å². The largest absolute Gasteiger partial charge is 0.363 e. The van der Waals surface area contributed by atoms with Gasteiger partial charge in [-0.05, 0) is 24.5 Å². The number of carbonyl (C=O) groups is 1. The maximum atomic E-state index is 11.8. The van der Waals surface area contributed by atoms with E-state index in [1.807, 2.05) is 31.1 Å². The molecule has 1 saturated carbocycles. The van der Waals surface area contributed by atoms with E-state index < -0.39 is 5.91 Å². The van der Waals surface area contributed by atoms with Gasteiger partial charge in [0.05, 0.1) is 0 Å². The molecule has 0 saturated heterocycles. The third-order valence-corrected chi connectivity index (χ3v) is 5.70. The Labute approximate surface area is 171 Å². The number of pyridine rings is 1. The smallest absolute Gasteiger partial charge is 0.244 e. The SMILES string of the molecule is CN(C)c1ccc(-c2noc([C@@H](CCCC3CCCCC3)CC(=O)NO)n2)cn1. The van der Waals surface area contributed by atoms with Crippen molar-refractivity contribution in [3.63, 3.8) is 0 Å². The Bertz CT molecular complexity index is 769. The van der Waals surface area contributed by atoms with Crippen LogP contribution >= 0.6 is 0 Å². The Morgan fingerprint density at radius 1 is 1.31 bits per heavy atom. The Hall–Kier alpha value is -2.48. The van der Waals surface area contributed by atoms with E-state index in [0.717, 1.165) is 36.6 Å². The van der Waals surface area contributed by atoms with Gasteiger partial charge in [0.1, 0.15) is 5.82 Å². The predicted molar refractivity (Wildman–Crippen MR) is 110 cm³/mol. The predicted octanol–water partition coefficient (Wildman–Crippen LogP) is 3.93. The molecule has 2 N–H and O–H groups in total. The fraction of sp³-hybridized carbons (Fsp3) is 0.619. The summed E-state index contributed by atoms with van der Waals surface area (Å²) in [6, 6.07) is 3.79. The molecule has 3 rings (SSSR count). The van der Waals surface area contributed by atoms with Crippen LogP contribution in [0.15, 0.2) is 22.9 Å². The van der Waals surface area contributed by atoms with Crippen molar-refractivity contribution in [1.29, 1.82) is 0 Å². The van der Waals surface area contributed by atoms with E-state index in [-0.39, 0.29) is 12.3 Å². The van der Waals surface area contributed by atoms with E-state index in [9.17, 15) is 4.79 Å². The first-order valence-electron chi connectivity index (χ1n) is 10.5. The molecule has 1 aliphatic rings. The number of anilines is 1. The lowest BCUT2D eigenvalue weighted by molar-refractivity contribution is -0.129. The molecule has 0 aromatic carbocycles. The molecule has 0 radical (unpaired) electrons. The summed E-state index contributed by atoms with van der Waals surface area (Å²) in [5.74, 6) is 1.88. The zero-order chi connectivity index (χ0) is 20.6. The van der Waals surface area contributed by atoms with Gasteiger partial charge in [-0.3, -0.25) is 10.0 Å². The molecule has 0 spiro atoms. The molecule has 0 unspecified atom stereocenters. The van der Waals surface area contributed by atoms with Crippen molar-refractivity contribution in [3.8, 4) is 11.4 Å². The average Bonchev–Trinajstić information content (AvgIpc) is 3.24. The van der Waals surface area contributed by atoms with Gasteiger partial charge in [-0.2, -0.15) is 4.98 Å². The highest BCUT2D eigenvalue weighted by Gasteiger charge is 2.23. The third kappa shape index (κ3) is 6.00. The fourth-order valence-corrected chi connectivity index (χ4v) is 4.01. The van der Waals surface area contributed by atoms with Gasteiger partial charge in [-0.15, -0.1) is 0 Å². The molecule has 1 aliphatic carbocycles. The molecule has 158 valence electrons. The summed E-state index contributed by atoms with van der Waals surface area (Å²) in [6.45, 7) is 0. The summed E-state index contributed by atoms with van der Waals surface area (Å²) in [4.78, 5) is 22.6. The van der Waals surface area contributed by atoms with Crippen molar-refractivity contribution in [2.24, 2.45) is 5.92 Å². The summed E-state index contributed by atoms with van der Waals surface area (Å²) in [7, 11) is 3.86. The fourth-order valence-electron chi connectivity index (χ4n) is 4.01. The number of amides is 1. The third-order valence-electron chi connectivity index (χ3n) is 5.70. The molecule has 2 aromatic heterocycles. The Balaban J connectivity index is 1.66. The number of carbonyl (C=O) groups excluding carboxylic acids is 1. The lowest BCUT2D eigenvalue weighted by atomic mass is 9.84. The first-order valence-corrected chi connectivity index (χ1v) is 10.5. The van der Waals surface area contributed by atoms with Crippen LogP contribution in [-0.2, 0) is 4.79 Å². The molecule has 8 heteroatoms. The first-order chi connectivity index (χ1) is 14.1. The molecule has 29 heavy (non-hydrogen) atoms. The molecule has 0 aliphatic heterocycles. The lowest BCUT2D eigenvalue weighted by Crippen LogP contribution is -2.21. The van der Waals surface area contributed by atoms with Crippen molar-refractivity contribution in [1.82, 2.24) is 20.6 Å². The molecular weight excluding hydrogens is 370 g/mol. The number of hydrogen-bond acceptors (Lipinski definition) is 7. The number of rotatable bonds is 9. The highest BCUT2D eigenvalue weighted by molar-refractivity contribution is 5.75. The van der Waals surface area contributed by atoms with E-state index in [4.69, 9.17) is 9.73 Å². The van der Waals surface area contributed by atoms with Gasteiger partial charge in [0, 0.05) is 38.2 Å². The maximum Gasteiger partial charge on any atom is 0.244 e. The van der Waals surface area contributed by atoms with Crippen LogP contribution in [0.2, 0.25) is 0 Å². The molecule has 1 atom stereocenters. The van der Waals surface area contributed by atoms with E-state index in [2.05, 4.69) is 15.1 Å². The Morgan fingerprint density at radius 3 is 2.76 bits per heavy atom. The minimum absolute atomic E-state index is 0.126. The minimum atomic E-state index is -0.440. The number of nitrogens with one attached hydrogen (secondary N) is 1. The van der Waals surface area contributed by atoms with Gasteiger partial charge < -0.3 is 9.42 Å². The quantitative estimate of drug-likeness (QED) is 0.484. The Morgan fingerprint density at radius 2 is 2.10 bits per heavy atom. The molecule has 2 heterocycles. The van der Waals surface area contributed by atoms with Gasteiger partial charge in [0.15, 0.2) is 0 Å². The van der Waals surface area contributed by atoms with Gasteiger partial charge in [-0.25, -0.2) is 10.5 Å². The van der Waals surface area contributed by atoms with Gasteiger partial charge in [-0.1, -0.05) is 50.1 Å². The van der Waals surface area contributed by atoms with Crippen LogP contribution in [0.4, 0.5) is 5.82 Å². The van der Waals surface area contributed by atoms with Crippen molar-refractivity contribution in [3.05, 3.63) is 24.2 Å². The van der Waals surface area contributed by atoms with Gasteiger partial charge in [0.2, 0.25) is 17.6 Å². The van der Waals surface area contributed by atoms with E-state index in [1.54, 1.807) is 11.7 Å². The minimum Gasteiger partial charge on any atom is -0.363 e. The molecule has 1 amide bonds. The second-order valence-corrected chi connectivity index (χ2v) is 8.13. The highest BCUT2D eigenvalue weighted by atomic mass is 16.5. The summed E-state index contributed by atoms with van der Waals surface area (Å²) >= 11 is 0. The standard InChI is InChI=1S/C21H31N5O3/c1-26(2)18-12-11-17(14-22-18)20-23-21(29-25-20)16(13-19(27)24-28)10-6-9-15-7-4-3-5-8-15/h11-12,14-16,28H,3-10,13H2,1-2H3,(H,24,27)/t16-/m0/s1. The molecule has 2 aromatic rings. The molecule has 8 nitrogen and oxygen atoms in total. The van der Waals surface area contributed by atoms with Crippen molar-refractivity contribution >= 4 is 11.7 Å². The zero-order valence-electron chi connectivity index (χ0n) is 17.3. The topological polar surface area (TPSA) is 104 Å². The van der Waals surface area contributed by atoms with Gasteiger partial charge in [0.25, 0.3) is 0 Å². The van der Waals surface area contributed by atoms with Crippen molar-refractivity contribution < 1.29 is 14.5 Å². The maximum absolute atomic E-state index is 11.8. The number of nitrogens with zero attached hydrogens (tertiary/aromatic N) is 4. The summed E-state index contributed by atoms with van der Waals surface area (Å²) < 4.78 is 5.49. The van der Waals surface area contributed by atoms with Crippen LogP contribution in [0.5, 0.6) is 0 Å². The summed E-state index contributed by atoms with van der Waals surface area (Å²) in [5.41, 5.74) is 2.48. The lowest BCUT2D eigenvalue weighted by Gasteiger charge is -2.22. The van der Waals surface area contributed by atoms with Crippen LogP contribution < -0.4 is 10.4 Å². The summed E-state index contributed by atoms with van der Waals surface area (Å²) in [5, 5.41) is 13.0. The zero-order valence-corrected chi connectivity index (χ0v) is 17.3. The van der Waals surface area contributed by atoms with Crippen LogP contribution in [0, 0.1) is 5.92 Å². The highest BCUT2D eigenvalue weighted by Crippen LogP contribution is 2.31. The second kappa shape index (κ2) is 10.3. The molecule has 1 fully saturated rings. The molecule has 0 bridgehead atoms. The Kier molecular flexibility index (Phi) is 7.57. The van der Waals surface area contributed by atoms with Crippen LogP contribution in [0.25, 0.3) is 11.4 Å². The average molecular weight is 402 g/mol. The van der Waals surface area contributed by atoms with E-state index in [1.165, 1.54) is 32.1 Å². The van der Waals surface area contributed by atoms with Crippen molar-refractivity contribution in [2.45, 2.75) is 63.7 Å². The normalized spacial score (nSPS) is 15.8. The van der Waals surface area contributed by atoms with Gasteiger partial charge >= 0.3 is 0 Å². The van der Waals surface area contributed by atoms with Crippen LogP contribution in [0.3, 0.4) is 0 Å². The molecular formula is C21H31N5O3. The first kappa shape index (κ1) is 21.2. The van der Waals surface area contributed by atoms with E-state index >= 15 is 0 Å². The number of hydrogen-bond donors (Lipinski definition) is 2. The van der Waals surface area contributed by atoms with E-state index in [0.29, 0.717) is 11.7 Å². The summed E-state index contributed by atoms with van der Waals surface area (Å²) in [6.07, 6.45) is 11.4. The second-order valence-electron chi connectivity index (χ2n) is 8.13. The number of hydroxylamine groups is 1. The van der Waals surface area contributed by atoms with Crippen LogP contribution in [0.1, 0.15) is 69.6 Å². The number of aromatic nitrogens is 3. The monoisotopic (exact) mass is 401 g/mol.